The number of aryl methyl sites for hydroxylation is 2. The second-order valence-corrected chi connectivity index (χ2v) is 7.62. The van der Waals surface area contributed by atoms with E-state index >= 15 is 0 Å². The molecule has 2 atom stereocenters. The number of likely N-dealkylation sites (tertiary alicyclic amines) is 1. The molecule has 1 aliphatic heterocycles. The Hall–Kier alpha value is -1.63. The van der Waals surface area contributed by atoms with Gasteiger partial charge in [-0.15, -0.1) is 5.10 Å². The van der Waals surface area contributed by atoms with Gasteiger partial charge in [0.25, 0.3) is 5.78 Å². The van der Waals surface area contributed by atoms with Crippen LogP contribution in [0.1, 0.15) is 31.7 Å². The molecule has 23 heavy (non-hydrogen) atoms. The molecule has 0 spiro atoms. The summed E-state index contributed by atoms with van der Waals surface area (Å²) in [6, 6.07) is 1.97. The predicted octanol–water partition coefficient (Wildman–Crippen LogP) is 2.34. The Morgan fingerprint density at radius 1 is 1.26 bits per heavy atom. The van der Waals surface area contributed by atoms with E-state index in [0.717, 1.165) is 24.5 Å². The first-order chi connectivity index (χ1) is 10.9. The van der Waals surface area contributed by atoms with E-state index in [2.05, 4.69) is 28.9 Å². The van der Waals surface area contributed by atoms with Crippen LogP contribution in [0.3, 0.4) is 0 Å². The highest BCUT2D eigenvalue weighted by atomic mass is 32.2. The Bertz CT molecular complexity index is 719. The molecule has 3 rings (SSSR count). The normalized spacial score (nSPS) is 21.8. The topological polar surface area (TPSA) is 63.4 Å². The maximum Gasteiger partial charge on any atom is 0.253 e. The Kier molecular flexibility index (Phi) is 4.57. The number of nitrogens with zero attached hydrogens (tertiary/aromatic N) is 5. The highest BCUT2D eigenvalue weighted by Crippen LogP contribution is 2.22. The second-order valence-electron chi connectivity index (χ2n) is 6.68. The molecule has 7 heteroatoms. The number of rotatable bonds is 3. The third-order valence-corrected chi connectivity index (χ3v) is 4.97. The van der Waals surface area contributed by atoms with E-state index in [0.29, 0.717) is 28.5 Å². The lowest BCUT2D eigenvalue weighted by atomic mass is 9.92. The van der Waals surface area contributed by atoms with E-state index in [4.69, 9.17) is 0 Å². The maximum absolute atomic E-state index is 12.4. The van der Waals surface area contributed by atoms with Crippen molar-refractivity contribution in [1.82, 2.24) is 24.5 Å². The quantitative estimate of drug-likeness (QED) is 0.807. The van der Waals surface area contributed by atoms with E-state index < -0.39 is 0 Å². The van der Waals surface area contributed by atoms with Gasteiger partial charge in [0.2, 0.25) is 11.1 Å². The molecule has 1 saturated heterocycles. The zero-order valence-corrected chi connectivity index (χ0v) is 14.9. The zero-order chi connectivity index (χ0) is 16.6. The fraction of sp³-hybridized carbons (Fsp3) is 0.625. The number of fused-ring (bicyclic) bond motifs is 1. The van der Waals surface area contributed by atoms with Crippen LogP contribution in [0.4, 0.5) is 0 Å². The summed E-state index contributed by atoms with van der Waals surface area (Å²) in [7, 11) is 0. The highest BCUT2D eigenvalue weighted by Gasteiger charge is 2.25. The van der Waals surface area contributed by atoms with Crippen LogP contribution >= 0.6 is 11.8 Å². The average molecular weight is 333 g/mol. The minimum absolute atomic E-state index is 0.174. The van der Waals surface area contributed by atoms with Crippen LogP contribution in [0.15, 0.2) is 11.2 Å². The van der Waals surface area contributed by atoms with Crippen molar-refractivity contribution in [2.24, 2.45) is 11.8 Å². The highest BCUT2D eigenvalue weighted by molar-refractivity contribution is 7.99. The molecule has 0 aliphatic carbocycles. The van der Waals surface area contributed by atoms with Gasteiger partial charge in [0, 0.05) is 24.5 Å². The van der Waals surface area contributed by atoms with Gasteiger partial charge in [0.1, 0.15) is 0 Å². The number of carbonyl (C=O) groups excluding carboxylic acids is 1. The molecule has 0 aromatic carbocycles. The average Bonchev–Trinajstić information content (AvgIpc) is 2.87. The van der Waals surface area contributed by atoms with Crippen LogP contribution in [-0.4, -0.2) is 49.2 Å². The summed E-state index contributed by atoms with van der Waals surface area (Å²) in [6.07, 6.45) is 1.20. The van der Waals surface area contributed by atoms with Gasteiger partial charge in [-0.1, -0.05) is 25.6 Å². The van der Waals surface area contributed by atoms with Crippen molar-refractivity contribution in [2.45, 2.75) is 39.3 Å². The number of carbonyl (C=O) groups is 1. The molecular formula is C16H23N5OS. The van der Waals surface area contributed by atoms with E-state index in [9.17, 15) is 4.79 Å². The number of hydrogen-bond acceptors (Lipinski definition) is 5. The van der Waals surface area contributed by atoms with Gasteiger partial charge >= 0.3 is 0 Å². The lowest BCUT2D eigenvalue weighted by Gasteiger charge is -2.34. The molecule has 1 fully saturated rings. The van der Waals surface area contributed by atoms with Crippen molar-refractivity contribution in [3.8, 4) is 0 Å². The van der Waals surface area contributed by atoms with E-state index in [1.54, 1.807) is 4.52 Å². The van der Waals surface area contributed by atoms with Crippen molar-refractivity contribution >= 4 is 23.4 Å². The fourth-order valence-corrected chi connectivity index (χ4v) is 4.01. The number of hydrogen-bond donors (Lipinski definition) is 0. The summed E-state index contributed by atoms with van der Waals surface area (Å²) >= 11 is 1.39. The third-order valence-electron chi connectivity index (χ3n) is 4.15. The van der Waals surface area contributed by atoms with Crippen molar-refractivity contribution in [3.05, 3.63) is 17.5 Å². The van der Waals surface area contributed by atoms with Crippen molar-refractivity contribution in [2.75, 3.05) is 18.8 Å². The van der Waals surface area contributed by atoms with E-state index in [1.165, 1.54) is 18.2 Å². The van der Waals surface area contributed by atoms with Gasteiger partial charge in [0.05, 0.1) is 5.75 Å². The summed E-state index contributed by atoms with van der Waals surface area (Å²) in [6.45, 7) is 10.1. The van der Waals surface area contributed by atoms with Crippen LogP contribution < -0.4 is 0 Å². The van der Waals surface area contributed by atoms with E-state index in [1.807, 2.05) is 24.8 Å². The largest absolute Gasteiger partial charge is 0.341 e. The number of piperidine rings is 1. The second kappa shape index (κ2) is 6.47. The molecule has 0 bridgehead atoms. The lowest BCUT2D eigenvalue weighted by molar-refractivity contribution is -0.130. The molecule has 6 nitrogen and oxygen atoms in total. The summed E-state index contributed by atoms with van der Waals surface area (Å²) < 4.78 is 1.73. The summed E-state index contributed by atoms with van der Waals surface area (Å²) in [5, 5.41) is 5.04. The maximum atomic E-state index is 12.4. The molecule has 0 radical (unpaired) electrons. The monoisotopic (exact) mass is 333 g/mol. The number of aromatic nitrogens is 4. The Morgan fingerprint density at radius 2 is 1.96 bits per heavy atom. The van der Waals surface area contributed by atoms with Gasteiger partial charge < -0.3 is 4.90 Å². The Labute approximate surface area is 140 Å². The van der Waals surface area contributed by atoms with Gasteiger partial charge in [-0.2, -0.15) is 4.98 Å². The van der Waals surface area contributed by atoms with Crippen molar-refractivity contribution in [3.63, 3.8) is 0 Å². The fourth-order valence-electron chi connectivity index (χ4n) is 3.29. The summed E-state index contributed by atoms with van der Waals surface area (Å²) in [4.78, 5) is 23.2. The lowest BCUT2D eigenvalue weighted by Crippen LogP contribution is -2.43. The molecule has 2 aromatic rings. The Balaban J connectivity index is 1.66. The van der Waals surface area contributed by atoms with Gasteiger partial charge in [-0.25, -0.2) is 9.50 Å². The van der Waals surface area contributed by atoms with Gasteiger partial charge in [-0.3, -0.25) is 4.79 Å². The minimum Gasteiger partial charge on any atom is -0.341 e. The molecular weight excluding hydrogens is 310 g/mol. The third kappa shape index (κ3) is 3.65. The van der Waals surface area contributed by atoms with Crippen molar-refractivity contribution < 1.29 is 4.79 Å². The van der Waals surface area contributed by atoms with Crippen LogP contribution in [0.5, 0.6) is 0 Å². The zero-order valence-electron chi connectivity index (χ0n) is 14.1. The molecule has 0 saturated carbocycles. The van der Waals surface area contributed by atoms with Crippen LogP contribution in [0.25, 0.3) is 5.78 Å². The van der Waals surface area contributed by atoms with E-state index in [-0.39, 0.29) is 5.91 Å². The predicted molar refractivity (Wildman–Crippen MR) is 90.5 cm³/mol. The van der Waals surface area contributed by atoms with Gasteiger partial charge in [0.15, 0.2) is 0 Å². The van der Waals surface area contributed by atoms with Crippen LogP contribution in [0.2, 0.25) is 0 Å². The summed E-state index contributed by atoms with van der Waals surface area (Å²) in [5.41, 5.74) is 1.92. The molecule has 3 heterocycles. The first-order valence-corrected chi connectivity index (χ1v) is 9.02. The molecule has 124 valence electrons. The Morgan fingerprint density at radius 3 is 2.65 bits per heavy atom. The molecule has 0 N–H and O–H groups in total. The minimum atomic E-state index is 0.174. The standard InChI is InChI=1S/C16H23N5OS/c1-10-5-11(2)8-20(7-10)14(22)9-23-16-18-15-17-12(3)6-13(4)21(15)19-16/h6,10-11H,5,7-9H2,1-4H3/t10-,11-/m1/s1. The van der Waals surface area contributed by atoms with Crippen molar-refractivity contribution in [1.29, 1.82) is 0 Å². The summed E-state index contributed by atoms with van der Waals surface area (Å²) in [5.74, 6) is 2.31. The molecule has 1 aliphatic rings. The van der Waals surface area contributed by atoms with Crippen LogP contribution in [0, 0.1) is 25.7 Å². The number of thioether (sulfide) groups is 1. The first-order valence-electron chi connectivity index (χ1n) is 8.04. The molecule has 2 aromatic heterocycles. The SMILES string of the molecule is Cc1cc(C)n2nc(SCC(=O)N3C[C@H](C)C[C@@H](C)C3)nc2n1. The molecule has 1 amide bonds. The molecule has 0 unspecified atom stereocenters. The number of amides is 1. The van der Waals surface area contributed by atoms with Gasteiger partial charge in [-0.05, 0) is 38.2 Å². The smallest absolute Gasteiger partial charge is 0.253 e. The first kappa shape index (κ1) is 16.2. The van der Waals surface area contributed by atoms with Crippen LogP contribution in [-0.2, 0) is 4.79 Å².